The van der Waals surface area contributed by atoms with Gasteiger partial charge in [0.2, 0.25) is 0 Å². The molecule has 1 nitrogen and oxygen atoms in total. The molecule has 0 atom stereocenters. The molecule has 1 aromatic rings. The van der Waals surface area contributed by atoms with Crippen molar-refractivity contribution in [2.45, 2.75) is 34.1 Å². The number of ketones is 1. The summed E-state index contributed by atoms with van der Waals surface area (Å²) in [6.45, 7) is 8.71. The normalized spacial score (nSPS) is 22.1. The minimum atomic E-state index is 0.144. The van der Waals surface area contributed by atoms with Crippen LogP contribution in [0.25, 0.3) is 0 Å². The summed E-state index contributed by atoms with van der Waals surface area (Å²) in [4.78, 5) is 13.3. The SMILES string of the molecule is CC1(C)C(C(=O)Cc2ccc(Cl)s2)C1(C)C. The van der Waals surface area contributed by atoms with Crippen molar-refractivity contribution in [3.63, 3.8) is 0 Å². The summed E-state index contributed by atoms with van der Waals surface area (Å²) in [6, 6.07) is 3.81. The first-order chi connectivity index (χ1) is 7.26. The zero-order valence-electron chi connectivity index (χ0n) is 10.1. The molecule has 1 aliphatic rings. The van der Waals surface area contributed by atoms with Gasteiger partial charge >= 0.3 is 0 Å². The highest BCUT2D eigenvalue weighted by atomic mass is 35.5. The molecular weight excluding hydrogens is 240 g/mol. The van der Waals surface area contributed by atoms with E-state index in [4.69, 9.17) is 11.6 Å². The van der Waals surface area contributed by atoms with Gasteiger partial charge in [0.25, 0.3) is 0 Å². The largest absolute Gasteiger partial charge is 0.299 e. The minimum Gasteiger partial charge on any atom is -0.299 e. The fraction of sp³-hybridized carbons (Fsp3) is 0.615. The summed E-state index contributed by atoms with van der Waals surface area (Å²) in [5.41, 5.74) is 0.288. The van der Waals surface area contributed by atoms with E-state index in [1.54, 1.807) is 0 Å². The van der Waals surface area contributed by atoms with E-state index in [0.717, 1.165) is 9.21 Å². The van der Waals surface area contributed by atoms with Crippen molar-refractivity contribution in [3.05, 3.63) is 21.3 Å². The number of carbonyl (C=O) groups is 1. The number of halogens is 1. The van der Waals surface area contributed by atoms with Crippen LogP contribution in [0, 0.1) is 16.7 Å². The third-order valence-corrected chi connectivity index (χ3v) is 5.55. The Labute approximate surface area is 106 Å². The Morgan fingerprint density at radius 2 is 1.88 bits per heavy atom. The van der Waals surface area contributed by atoms with E-state index in [-0.39, 0.29) is 16.7 Å². The molecule has 0 bridgehead atoms. The molecule has 0 spiro atoms. The maximum atomic E-state index is 12.2. The zero-order chi connectivity index (χ0) is 12.1. The van der Waals surface area contributed by atoms with Crippen molar-refractivity contribution < 1.29 is 4.79 Å². The lowest BCUT2D eigenvalue weighted by atomic mass is 10.0. The van der Waals surface area contributed by atoms with E-state index >= 15 is 0 Å². The predicted molar refractivity (Wildman–Crippen MR) is 69.1 cm³/mol. The molecule has 1 aliphatic carbocycles. The molecule has 1 heterocycles. The second-order valence-corrected chi connectivity index (χ2v) is 7.52. The summed E-state index contributed by atoms with van der Waals surface area (Å²) in [5.74, 6) is 0.550. The van der Waals surface area contributed by atoms with Crippen LogP contribution in [0.4, 0.5) is 0 Å². The summed E-state index contributed by atoms with van der Waals surface area (Å²) < 4.78 is 0.761. The first-order valence-electron chi connectivity index (χ1n) is 5.54. The van der Waals surface area contributed by atoms with Crippen LogP contribution in [0.2, 0.25) is 4.34 Å². The Morgan fingerprint density at radius 3 is 2.25 bits per heavy atom. The first-order valence-corrected chi connectivity index (χ1v) is 6.73. The summed E-state index contributed by atoms with van der Waals surface area (Å²) in [6.07, 6.45) is 0.537. The highest BCUT2D eigenvalue weighted by molar-refractivity contribution is 7.16. The third-order valence-electron chi connectivity index (χ3n) is 4.32. The van der Waals surface area contributed by atoms with Crippen LogP contribution in [0.5, 0.6) is 0 Å². The Balaban J connectivity index is 2.06. The van der Waals surface area contributed by atoms with Crippen LogP contribution in [0.1, 0.15) is 32.6 Å². The molecule has 0 radical (unpaired) electrons. The van der Waals surface area contributed by atoms with Crippen molar-refractivity contribution >= 4 is 28.7 Å². The van der Waals surface area contributed by atoms with E-state index in [2.05, 4.69) is 27.7 Å². The number of Topliss-reactive ketones (excluding diaryl/α,β-unsaturated/α-hetero) is 1. The molecule has 88 valence electrons. The van der Waals surface area contributed by atoms with Gasteiger partial charge in [-0.2, -0.15) is 0 Å². The molecule has 1 aromatic heterocycles. The van der Waals surface area contributed by atoms with E-state index in [1.807, 2.05) is 12.1 Å². The van der Waals surface area contributed by atoms with E-state index in [0.29, 0.717) is 12.2 Å². The van der Waals surface area contributed by atoms with E-state index in [1.165, 1.54) is 11.3 Å². The van der Waals surface area contributed by atoms with Crippen molar-refractivity contribution in [2.75, 3.05) is 0 Å². The Bertz CT molecular complexity index is 417. The smallest absolute Gasteiger partial charge is 0.142 e. The van der Waals surface area contributed by atoms with Gasteiger partial charge in [0.05, 0.1) is 4.34 Å². The fourth-order valence-electron chi connectivity index (χ4n) is 2.72. The topological polar surface area (TPSA) is 17.1 Å². The van der Waals surface area contributed by atoms with Gasteiger partial charge in [-0.05, 0) is 23.0 Å². The van der Waals surface area contributed by atoms with Crippen molar-refractivity contribution in [2.24, 2.45) is 16.7 Å². The molecular formula is C13H17ClOS. The van der Waals surface area contributed by atoms with E-state index in [9.17, 15) is 4.79 Å². The number of hydrogen-bond acceptors (Lipinski definition) is 2. The average molecular weight is 257 g/mol. The monoisotopic (exact) mass is 256 g/mol. The number of hydrogen-bond donors (Lipinski definition) is 0. The van der Waals surface area contributed by atoms with E-state index < -0.39 is 0 Å². The first kappa shape index (κ1) is 12.1. The molecule has 2 rings (SSSR count). The molecule has 0 saturated heterocycles. The Morgan fingerprint density at radius 1 is 1.31 bits per heavy atom. The van der Waals surface area contributed by atoms with Gasteiger partial charge in [0, 0.05) is 17.2 Å². The molecule has 1 fully saturated rings. The molecule has 0 aromatic carbocycles. The third kappa shape index (κ3) is 1.72. The van der Waals surface area contributed by atoms with Gasteiger partial charge < -0.3 is 0 Å². The maximum Gasteiger partial charge on any atom is 0.142 e. The van der Waals surface area contributed by atoms with Crippen LogP contribution in [-0.2, 0) is 11.2 Å². The maximum absolute atomic E-state index is 12.2. The quantitative estimate of drug-likeness (QED) is 0.792. The van der Waals surface area contributed by atoms with Crippen molar-refractivity contribution in [1.29, 1.82) is 0 Å². The second kappa shape index (κ2) is 3.58. The van der Waals surface area contributed by atoms with Crippen LogP contribution < -0.4 is 0 Å². The van der Waals surface area contributed by atoms with Gasteiger partial charge in [-0.3, -0.25) is 4.79 Å². The van der Waals surface area contributed by atoms with Crippen LogP contribution in [0.3, 0.4) is 0 Å². The molecule has 0 N–H and O–H groups in total. The van der Waals surface area contributed by atoms with Crippen molar-refractivity contribution in [3.8, 4) is 0 Å². The molecule has 16 heavy (non-hydrogen) atoms. The fourth-order valence-corrected chi connectivity index (χ4v) is 3.82. The highest BCUT2D eigenvalue weighted by Gasteiger charge is 2.67. The highest BCUT2D eigenvalue weighted by Crippen LogP contribution is 2.68. The van der Waals surface area contributed by atoms with Crippen LogP contribution in [-0.4, -0.2) is 5.78 Å². The lowest BCUT2D eigenvalue weighted by molar-refractivity contribution is -0.120. The summed E-state index contributed by atoms with van der Waals surface area (Å²) >= 11 is 7.36. The average Bonchev–Trinajstić information content (AvgIpc) is 2.44. The number of rotatable bonds is 3. The molecule has 3 heteroatoms. The van der Waals surface area contributed by atoms with Gasteiger partial charge in [-0.25, -0.2) is 0 Å². The Kier molecular flexibility index (Phi) is 2.71. The molecule has 0 unspecified atom stereocenters. The van der Waals surface area contributed by atoms with Gasteiger partial charge in [-0.1, -0.05) is 39.3 Å². The summed E-state index contributed by atoms with van der Waals surface area (Å²) in [5, 5.41) is 0. The standard InChI is InChI=1S/C13H17ClOS/c1-12(2)11(13(12,3)4)9(15)7-8-5-6-10(14)16-8/h5-6,11H,7H2,1-4H3. The number of carbonyl (C=O) groups excluding carboxylic acids is 1. The van der Waals surface area contributed by atoms with Gasteiger partial charge in [0.1, 0.15) is 5.78 Å². The summed E-state index contributed by atoms with van der Waals surface area (Å²) in [7, 11) is 0. The molecule has 0 aliphatic heterocycles. The minimum absolute atomic E-state index is 0.144. The van der Waals surface area contributed by atoms with Gasteiger partial charge in [-0.15, -0.1) is 11.3 Å². The van der Waals surface area contributed by atoms with Gasteiger partial charge in [0.15, 0.2) is 0 Å². The number of thiophene rings is 1. The zero-order valence-corrected chi connectivity index (χ0v) is 11.7. The lowest BCUT2D eigenvalue weighted by Crippen LogP contribution is -2.09. The predicted octanol–water partition coefficient (Wildman–Crippen LogP) is 4.20. The lowest BCUT2D eigenvalue weighted by Gasteiger charge is -2.03. The molecule has 1 saturated carbocycles. The second-order valence-electron chi connectivity index (χ2n) is 5.73. The van der Waals surface area contributed by atoms with Crippen molar-refractivity contribution in [1.82, 2.24) is 0 Å². The van der Waals surface area contributed by atoms with Crippen LogP contribution in [0.15, 0.2) is 12.1 Å². The molecule has 0 amide bonds. The van der Waals surface area contributed by atoms with Crippen LogP contribution >= 0.6 is 22.9 Å². The Hall–Kier alpha value is -0.340.